The number of alkyl halides is 17. The number of hydrogen-bond acceptors (Lipinski definition) is 0. The van der Waals surface area contributed by atoms with Crippen molar-refractivity contribution in [2.75, 3.05) is 0 Å². The zero-order chi connectivity index (χ0) is 25.0. The van der Waals surface area contributed by atoms with Gasteiger partial charge in [-0.2, -0.15) is 74.6 Å². The Balaban J connectivity index is 6.77. The molecule has 180 valence electrons. The van der Waals surface area contributed by atoms with Crippen LogP contribution in [0, 0.1) is 5.92 Å². The zero-order valence-electron chi connectivity index (χ0n) is 14.2. The zero-order valence-corrected chi connectivity index (χ0v) is 14.2. The molecule has 0 aliphatic carbocycles. The molecular formula is C13H9F17. The van der Waals surface area contributed by atoms with Crippen molar-refractivity contribution >= 4 is 0 Å². The van der Waals surface area contributed by atoms with Crippen LogP contribution in [0.3, 0.4) is 0 Å². The van der Waals surface area contributed by atoms with Crippen LogP contribution < -0.4 is 0 Å². The highest BCUT2D eigenvalue weighted by Crippen LogP contribution is 2.64. The lowest BCUT2D eigenvalue weighted by Crippen LogP contribution is -2.74. The summed E-state index contributed by atoms with van der Waals surface area (Å²) < 4.78 is 221. The average Bonchev–Trinajstić information content (AvgIpc) is 2.52. The first-order chi connectivity index (χ1) is 12.7. The Bertz CT molecular complexity index is 639. The van der Waals surface area contributed by atoms with Crippen LogP contribution >= 0.6 is 0 Å². The van der Waals surface area contributed by atoms with Crippen molar-refractivity contribution in [2.45, 2.75) is 61.5 Å². The number of halogens is 17. The molecule has 0 nitrogen and oxygen atoms in total. The molecule has 0 saturated heterocycles. The molecule has 0 heterocycles. The van der Waals surface area contributed by atoms with Gasteiger partial charge in [0.2, 0.25) is 0 Å². The van der Waals surface area contributed by atoms with Gasteiger partial charge in [-0.25, -0.2) is 0 Å². The van der Waals surface area contributed by atoms with Gasteiger partial charge in [0, 0.05) is 5.92 Å². The first kappa shape index (κ1) is 28.5. The summed E-state index contributed by atoms with van der Waals surface area (Å²) in [7, 11) is 0. The van der Waals surface area contributed by atoms with Gasteiger partial charge < -0.3 is 0 Å². The molecule has 0 amide bonds. The molecule has 0 rings (SSSR count). The standard InChI is InChI=1S/C13H9F17/c1-3-4-5(2)6(14,15)7(16,17)8(18,19)9(20,21)10(22,23)11(24,25)12(26,27)13(28,29)30/h3-5H,1-2H3. The SMILES string of the molecule is CC=CC(C)C(F)(F)C(F)(F)C(F)(F)C(F)(F)C(F)(F)C(F)(F)C(F)(F)C(F)(F)F. The van der Waals surface area contributed by atoms with Gasteiger partial charge in [0.05, 0.1) is 0 Å². The Labute approximate surface area is 155 Å². The Morgan fingerprint density at radius 3 is 1.00 bits per heavy atom. The van der Waals surface area contributed by atoms with E-state index in [-0.39, 0.29) is 13.0 Å². The van der Waals surface area contributed by atoms with Crippen LogP contribution in [0.1, 0.15) is 13.8 Å². The second-order valence-corrected chi connectivity index (χ2v) is 5.88. The molecule has 1 unspecified atom stereocenters. The minimum Gasteiger partial charge on any atom is -0.199 e. The molecule has 0 radical (unpaired) electrons. The minimum absolute atomic E-state index is 0.0211. The van der Waals surface area contributed by atoms with Crippen LogP contribution in [0.15, 0.2) is 12.2 Å². The average molecular weight is 488 g/mol. The van der Waals surface area contributed by atoms with Crippen LogP contribution in [-0.4, -0.2) is 47.6 Å². The van der Waals surface area contributed by atoms with Crippen LogP contribution in [-0.2, 0) is 0 Å². The van der Waals surface area contributed by atoms with E-state index in [0.29, 0.717) is 6.08 Å². The van der Waals surface area contributed by atoms with E-state index in [1.807, 2.05) is 0 Å². The van der Waals surface area contributed by atoms with Crippen LogP contribution in [0.5, 0.6) is 0 Å². The monoisotopic (exact) mass is 488 g/mol. The lowest BCUT2D eigenvalue weighted by atomic mass is 9.85. The van der Waals surface area contributed by atoms with Crippen LogP contribution in [0.4, 0.5) is 74.6 Å². The van der Waals surface area contributed by atoms with Crippen molar-refractivity contribution in [3.63, 3.8) is 0 Å². The molecule has 0 N–H and O–H groups in total. The van der Waals surface area contributed by atoms with Gasteiger partial charge in [0.15, 0.2) is 0 Å². The van der Waals surface area contributed by atoms with Gasteiger partial charge in [0.1, 0.15) is 0 Å². The molecule has 0 aromatic heterocycles. The second-order valence-electron chi connectivity index (χ2n) is 5.88. The van der Waals surface area contributed by atoms with Crippen molar-refractivity contribution < 1.29 is 74.6 Å². The normalized spacial score (nSPS) is 17.6. The molecule has 0 saturated carbocycles. The summed E-state index contributed by atoms with van der Waals surface area (Å²) in [6.45, 7) is 0.804. The van der Waals surface area contributed by atoms with E-state index in [2.05, 4.69) is 0 Å². The minimum atomic E-state index is -8.59. The maximum Gasteiger partial charge on any atom is 0.460 e. The van der Waals surface area contributed by atoms with Gasteiger partial charge in [-0.05, 0) is 6.92 Å². The number of rotatable bonds is 8. The quantitative estimate of drug-likeness (QED) is 0.250. The van der Waals surface area contributed by atoms with E-state index >= 15 is 0 Å². The van der Waals surface area contributed by atoms with Gasteiger partial charge in [-0.1, -0.05) is 19.1 Å². The van der Waals surface area contributed by atoms with E-state index < -0.39 is 53.6 Å². The second kappa shape index (κ2) is 7.31. The van der Waals surface area contributed by atoms with E-state index in [9.17, 15) is 74.6 Å². The third kappa shape index (κ3) is 3.48. The molecule has 0 fully saturated rings. The van der Waals surface area contributed by atoms with Gasteiger partial charge in [-0.15, -0.1) is 0 Å². The predicted molar refractivity (Wildman–Crippen MR) is 64.7 cm³/mol. The number of allylic oxidation sites excluding steroid dienone is 2. The highest BCUT2D eigenvalue weighted by molar-refractivity contribution is 5.16. The Morgan fingerprint density at radius 2 is 0.733 bits per heavy atom. The summed E-state index contributed by atoms with van der Waals surface area (Å²) in [6.07, 6.45) is -7.29. The van der Waals surface area contributed by atoms with Crippen molar-refractivity contribution in [3.8, 4) is 0 Å². The topological polar surface area (TPSA) is 0 Å². The molecule has 0 aliphatic rings. The Morgan fingerprint density at radius 1 is 0.467 bits per heavy atom. The van der Waals surface area contributed by atoms with Crippen molar-refractivity contribution in [1.82, 2.24) is 0 Å². The van der Waals surface area contributed by atoms with E-state index in [1.54, 1.807) is 0 Å². The van der Waals surface area contributed by atoms with Crippen molar-refractivity contribution in [2.24, 2.45) is 5.92 Å². The van der Waals surface area contributed by atoms with E-state index in [0.717, 1.165) is 6.92 Å². The lowest BCUT2D eigenvalue weighted by molar-refractivity contribution is -0.462. The molecule has 0 aromatic carbocycles. The summed E-state index contributed by atoms with van der Waals surface area (Å²) >= 11 is 0. The summed E-state index contributed by atoms with van der Waals surface area (Å²) in [4.78, 5) is 0. The molecule has 30 heavy (non-hydrogen) atoms. The fraction of sp³-hybridized carbons (Fsp3) is 0.846. The summed E-state index contributed by atoms with van der Waals surface area (Å²) in [6, 6.07) is 0. The first-order valence-corrected chi connectivity index (χ1v) is 7.07. The Kier molecular flexibility index (Phi) is 6.95. The number of hydrogen-bond donors (Lipinski definition) is 0. The molecule has 0 aliphatic heterocycles. The fourth-order valence-corrected chi connectivity index (χ4v) is 1.87. The molecule has 0 aromatic rings. The van der Waals surface area contributed by atoms with Crippen molar-refractivity contribution in [3.05, 3.63) is 12.2 Å². The molecule has 0 spiro atoms. The lowest BCUT2D eigenvalue weighted by Gasteiger charge is -2.43. The summed E-state index contributed by atoms with van der Waals surface area (Å²) in [5, 5.41) is 0. The fourth-order valence-electron chi connectivity index (χ4n) is 1.87. The van der Waals surface area contributed by atoms with E-state index in [1.165, 1.54) is 0 Å². The van der Waals surface area contributed by atoms with Crippen molar-refractivity contribution in [1.29, 1.82) is 0 Å². The summed E-state index contributed by atoms with van der Waals surface area (Å²) in [5.74, 6) is -59.1. The third-order valence-corrected chi connectivity index (χ3v) is 3.80. The molecule has 17 heteroatoms. The summed E-state index contributed by atoms with van der Waals surface area (Å²) in [5.41, 5.74) is 0. The highest BCUT2D eigenvalue weighted by Gasteiger charge is 2.95. The van der Waals surface area contributed by atoms with Crippen LogP contribution in [0.25, 0.3) is 0 Å². The van der Waals surface area contributed by atoms with Gasteiger partial charge in [0.25, 0.3) is 0 Å². The van der Waals surface area contributed by atoms with E-state index in [4.69, 9.17) is 0 Å². The maximum atomic E-state index is 13.5. The Hall–Kier alpha value is -1.45. The third-order valence-electron chi connectivity index (χ3n) is 3.80. The highest BCUT2D eigenvalue weighted by atomic mass is 19.4. The van der Waals surface area contributed by atoms with Crippen LogP contribution in [0.2, 0.25) is 0 Å². The molecule has 1 atom stereocenters. The van der Waals surface area contributed by atoms with Gasteiger partial charge >= 0.3 is 47.6 Å². The largest absolute Gasteiger partial charge is 0.460 e. The maximum absolute atomic E-state index is 13.5. The van der Waals surface area contributed by atoms with Gasteiger partial charge in [-0.3, -0.25) is 0 Å². The predicted octanol–water partition coefficient (Wildman–Crippen LogP) is 7.21. The first-order valence-electron chi connectivity index (χ1n) is 7.07. The molecular weight excluding hydrogens is 479 g/mol. The smallest absolute Gasteiger partial charge is 0.199 e. The molecule has 0 bridgehead atoms.